The van der Waals surface area contributed by atoms with Crippen LogP contribution in [0.3, 0.4) is 0 Å². The molecule has 0 atom stereocenters. The lowest BCUT2D eigenvalue weighted by Gasteiger charge is -2.08. The Bertz CT molecular complexity index is 5570. The molecule has 6 heteroatoms. The van der Waals surface area contributed by atoms with E-state index in [9.17, 15) is 0 Å². The topological polar surface area (TPSA) is 29.6 Å². The molecule has 6 heterocycles. The Balaban J connectivity index is 0.000000108. The Morgan fingerprint density at radius 1 is 0.156 bits per heavy atom. The highest BCUT2D eigenvalue weighted by Gasteiger charge is 2.18. The highest BCUT2D eigenvalue weighted by atomic mass is 15.0. The largest absolute Gasteiger partial charge is 0.341 e. The van der Waals surface area contributed by atoms with Crippen LogP contribution in [0, 0.1) is 0 Å². The number of fused-ring (bicyclic) bond motifs is 18. The van der Waals surface area contributed by atoms with Gasteiger partial charge in [0.15, 0.2) is 0 Å². The maximum absolute atomic E-state index is 2.43. The number of rotatable bonds is 9. The predicted octanol–water partition coefficient (Wildman–Crippen LogP) is 22.8. The quantitative estimate of drug-likeness (QED) is 0.138. The molecule has 438 valence electrons. The smallest absolute Gasteiger partial charge is 0.0497 e. The van der Waals surface area contributed by atoms with Gasteiger partial charge in [0, 0.05) is 170 Å². The molecule has 0 saturated carbocycles. The number of aryl methyl sites for hydroxylation is 6. The van der Waals surface area contributed by atoms with E-state index >= 15 is 0 Å². The maximum Gasteiger partial charge on any atom is 0.0497 e. The molecule has 0 aliphatic carbocycles. The van der Waals surface area contributed by atoms with E-state index in [1.807, 2.05) is 0 Å². The summed E-state index contributed by atoms with van der Waals surface area (Å²) in [6.07, 6.45) is 0. The minimum absolute atomic E-state index is 0.969. The first-order valence-corrected chi connectivity index (χ1v) is 32.5. The van der Waals surface area contributed by atoms with E-state index in [1.165, 1.54) is 164 Å². The van der Waals surface area contributed by atoms with Crippen LogP contribution in [0.2, 0.25) is 0 Å². The Morgan fingerprint density at radius 3 is 0.556 bits per heavy atom. The van der Waals surface area contributed by atoms with E-state index in [0.717, 1.165) is 39.3 Å². The van der Waals surface area contributed by atoms with Gasteiger partial charge in [0.2, 0.25) is 0 Å². The number of para-hydroxylation sites is 6. The molecule has 0 fully saturated rings. The third-order valence-corrected chi connectivity index (χ3v) is 19.5. The number of benzene rings is 12. The molecule has 0 bridgehead atoms. The van der Waals surface area contributed by atoms with Gasteiger partial charge >= 0.3 is 0 Å². The zero-order valence-electron chi connectivity index (χ0n) is 52.2. The van der Waals surface area contributed by atoms with Crippen molar-refractivity contribution in [2.75, 3.05) is 0 Å². The van der Waals surface area contributed by atoms with Crippen LogP contribution in [0.1, 0.15) is 41.5 Å². The molecule has 6 aromatic heterocycles. The van der Waals surface area contributed by atoms with Crippen LogP contribution in [-0.4, -0.2) is 27.4 Å². The van der Waals surface area contributed by atoms with Gasteiger partial charge in [-0.1, -0.05) is 164 Å². The van der Waals surface area contributed by atoms with Crippen LogP contribution in [0.5, 0.6) is 0 Å². The summed E-state index contributed by atoms with van der Waals surface area (Å²) >= 11 is 0. The molecular formula is C84H72N6. The average molecular weight is 1170 g/mol. The third kappa shape index (κ3) is 8.60. The molecule has 0 aliphatic heterocycles. The Labute approximate surface area is 524 Å². The lowest BCUT2D eigenvalue weighted by Crippen LogP contribution is -1.94. The SMILES string of the molecule is CCn1c2ccccc2c2cc(-c3ccc4c(c3)c3ccccc3n4CC)ccc21.CCn1c2ccccc2c2cc(-c3ccc4c5ccccc5n(CC)c4c3)ccc21.CCn1c2ccccc2c2ccc(-c3ccc4c5ccccc5n(CC)c4c3)cc21. The van der Waals surface area contributed by atoms with Gasteiger partial charge in [-0.15, -0.1) is 0 Å². The molecule has 18 rings (SSSR count). The fraction of sp³-hybridized carbons (Fsp3) is 0.143. The fourth-order valence-corrected chi connectivity index (χ4v) is 15.4. The molecule has 0 unspecified atom stereocenters. The van der Waals surface area contributed by atoms with Crippen molar-refractivity contribution in [1.82, 2.24) is 27.4 Å². The van der Waals surface area contributed by atoms with E-state index in [-0.39, 0.29) is 0 Å². The number of hydrogen-bond acceptors (Lipinski definition) is 0. The zero-order valence-corrected chi connectivity index (χ0v) is 52.2. The molecule has 0 spiro atoms. The van der Waals surface area contributed by atoms with Crippen molar-refractivity contribution in [3.63, 3.8) is 0 Å². The van der Waals surface area contributed by atoms with Crippen LogP contribution in [0.4, 0.5) is 0 Å². The molecule has 0 aliphatic rings. The highest BCUT2D eigenvalue weighted by Crippen LogP contribution is 2.40. The highest BCUT2D eigenvalue weighted by molar-refractivity contribution is 6.15. The lowest BCUT2D eigenvalue weighted by molar-refractivity contribution is 0.827. The van der Waals surface area contributed by atoms with Crippen molar-refractivity contribution in [2.24, 2.45) is 0 Å². The first kappa shape index (κ1) is 54.8. The van der Waals surface area contributed by atoms with E-state index in [0.29, 0.717) is 0 Å². The van der Waals surface area contributed by atoms with Crippen LogP contribution >= 0.6 is 0 Å². The van der Waals surface area contributed by atoms with E-state index in [2.05, 4.69) is 324 Å². The predicted molar refractivity (Wildman–Crippen MR) is 388 cm³/mol. The average Bonchev–Trinajstić information content (AvgIpc) is 1.73. The summed E-state index contributed by atoms with van der Waals surface area (Å²) in [4.78, 5) is 0. The fourth-order valence-electron chi connectivity index (χ4n) is 15.4. The monoisotopic (exact) mass is 1160 g/mol. The van der Waals surface area contributed by atoms with Crippen molar-refractivity contribution in [3.8, 4) is 33.4 Å². The summed E-state index contributed by atoms with van der Waals surface area (Å²) in [6.45, 7) is 19.2. The molecule has 90 heavy (non-hydrogen) atoms. The Hall–Kier alpha value is -10.6. The minimum Gasteiger partial charge on any atom is -0.341 e. The molecule has 18 aromatic rings. The molecule has 0 saturated heterocycles. The minimum atomic E-state index is 0.969. The molecule has 0 amide bonds. The second-order valence-electron chi connectivity index (χ2n) is 24.0. The van der Waals surface area contributed by atoms with Gasteiger partial charge in [0.05, 0.1) is 0 Å². The standard InChI is InChI=1S/3C28H24N2/c1-3-29-26-12-8-6-10-22(26)24-17-19(14-16-27(24)29)20-13-15-23-21-9-5-7-11-25(21)30(4-2)28(23)18-20;1-3-29-25-11-7-5-9-21(25)23-17-19(13-15-27(23)29)20-14-16-28-24(18-20)22-10-6-8-12-26(22)30(28)4-2;1-3-29-25-11-7-5-9-21(25)23-15-13-19(17-27(23)29)20-14-16-24-22-10-6-8-12-26(22)30(4-2)28(24)18-20/h3*5-18H,3-4H2,1-2H3. The normalized spacial score (nSPS) is 11.9. The van der Waals surface area contributed by atoms with Crippen molar-refractivity contribution >= 4 is 131 Å². The second-order valence-corrected chi connectivity index (χ2v) is 24.0. The van der Waals surface area contributed by atoms with Gasteiger partial charge < -0.3 is 27.4 Å². The summed E-state index contributed by atoms with van der Waals surface area (Å²) in [5.74, 6) is 0. The molecule has 0 radical (unpaired) electrons. The Kier molecular flexibility index (Phi) is 13.5. The van der Waals surface area contributed by atoms with Gasteiger partial charge in [0.25, 0.3) is 0 Å². The maximum atomic E-state index is 2.43. The molecular weight excluding hydrogens is 1090 g/mol. The number of aromatic nitrogens is 6. The third-order valence-electron chi connectivity index (χ3n) is 19.5. The van der Waals surface area contributed by atoms with E-state index in [1.54, 1.807) is 0 Å². The lowest BCUT2D eigenvalue weighted by atomic mass is 10.0. The van der Waals surface area contributed by atoms with Gasteiger partial charge in [0.1, 0.15) is 0 Å². The molecule has 0 N–H and O–H groups in total. The number of hydrogen-bond donors (Lipinski definition) is 0. The summed E-state index contributed by atoms with van der Waals surface area (Å²) in [6, 6.07) is 93.9. The summed E-state index contributed by atoms with van der Waals surface area (Å²) in [5, 5.41) is 16.0. The van der Waals surface area contributed by atoms with Gasteiger partial charge in [-0.3, -0.25) is 0 Å². The van der Waals surface area contributed by atoms with Gasteiger partial charge in [-0.2, -0.15) is 0 Å². The van der Waals surface area contributed by atoms with E-state index < -0.39 is 0 Å². The van der Waals surface area contributed by atoms with Crippen LogP contribution in [0.25, 0.3) is 164 Å². The van der Waals surface area contributed by atoms with Crippen molar-refractivity contribution in [3.05, 3.63) is 255 Å². The van der Waals surface area contributed by atoms with Crippen LogP contribution in [0.15, 0.2) is 255 Å². The molecule has 6 nitrogen and oxygen atoms in total. The summed E-state index contributed by atoms with van der Waals surface area (Å²) < 4.78 is 14.5. The van der Waals surface area contributed by atoms with Gasteiger partial charge in [-0.25, -0.2) is 0 Å². The van der Waals surface area contributed by atoms with Crippen LogP contribution in [-0.2, 0) is 39.3 Å². The zero-order chi connectivity index (χ0) is 60.7. The first-order valence-electron chi connectivity index (χ1n) is 32.5. The van der Waals surface area contributed by atoms with Crippen LogP contribution < -0.4 is 0 Å². The van der Waals surface area contributed by atoms with Crippen molar-refractivity contribution in [2.45, 2.75) is 80.8 Å². The second kappa shape index (κ2) is 22.2. The first-order chi connectivity index (χ1) is 44.4. The van der Waals surface area contributed by atoms with Gasteiger partial charge in [-0.05, 0) is 166 Å². The summed E-state index contributed by atoms with van der Waals surface area (Å²) in [7, 11) is 0. The van der Waals surface area contributed by atoms with Crippen molar-refractivity contribution in [1.29, 1.82) is 0 Å². The Morgan fingerprint density at radius 2 is 0.322 bits per heavy atom. The van der Waals surface area contributed by atoms with E-state index in [4.69, 9.17) is 0 Å². The number of nitrogens with zero attached hydrogens (tertiary/aromatic N) is 6. The molecule has 12 aromatic carbocycles. The summed E-state index contributed by atoms with van der Waals surface area (Å²) in [5.41, 5.74) is 23.4. The van der Waals surface area contributed by atoms with Crippen molar-refractivity contribution < 1.29 is 0 Å².